The number of likely N-dealkylation sites (N-methyl/N-ethyl adjacent to an activating group) is 1. The molecule has 0 saturated heterocycles. The molecule has 0 bridgehead atoms. The van der Waals surface area contributed by atoms with Crippen molar-refractivity contribution >= 4 is 39.7 Å². The molecule has 2 N–H and O–H groups in total. The van der Waals surface area contributed by atoms with Crippen LogP contribution in [0.3, 0.4) is 0 Å². The molecule has 0 atom stereocenters. The van der Waals surface area contributed by atoms with Gasteiger partial charge in [-0.3, -0.25) is 4.79 Å². The summed E-state index contributed by atoms with van der Waals surface area (Å²) in [5, 5.41) is 6.32. The Morgan fingerprint density at radius 3 is 2.74 bits per heavy atom. The monoisotopic (exact) mass is 302 g/mol. The van der Waals surface area contributed by atoms with Gasteiger partial charge in [0.2, 0.25) is 0 Å². The molecule has 0 unspecified atom stereocenters. The van der Waals surface area contributed by atoms with E-state index < -0.39 is 0 Å². The van der Waals surface area contributed by atoms with E-state index in [2.05, 4.69) is 10.6 Å². The van der Waals surface area contributed by atoms with Crippen LogP contribution in [0.5, 0.6) is 0 Å². The van der Waals surface area contributed by atoms with Crippen molar-refractivity contribution < 1.29 is 9.18 Å². The molecule has 1 heterocycles. The van der Waals surface area contributed by atoms with E-state index >= 15 is 0 Å². The van der Waals surface area contributed by atoms with Crippen molar-refractivity contribution in [2.24, 2.45) is 0 Å². The van der Waals surface area contributed by atoms with Gasteiger partial charge in [0.1, 0.15) is 5.82 Å². The number of amides is 1. The van der Waals surface area contributed by atoms with Crippen molar-refractivity contribution in [1.29, 1.82) is 0 Å². The van der Waals surface area contributed by atoms with Crippen molar-refractivity contribution in [2.75, 3.05) is 20.1 Å². The molecule has 2 aromatic rings. The highest BCUT2D eigenvalue weighted by Gasteiger charge is 2.17. The summed E-state index contributed by atoms with van der Waals surface area (Å²) >= 11 is 1.33. The second-order valence-electron chi connectivity index (χ2n) is 4.03. The molecule has 0 radical (unpaired) electrons. The number of fused-ring (bicyclic) bond motifs is 1. The van der Waals surface area contributed by atoms with E-state index in [1.165, 1.54) is 17.4 Å². The number of benzene rings is 1. The van der Waals surface area contributed by atoms with Gasteiger partial charge in [-0.1, -0.05) is 6.07 Å². The van der Waals surface area contributed by atoms with E-state index in [1.54, 1.807) is 13.0 Å². The topological polar surface area (TPSA) is 41.1 Å². The molecular formula is C13H16ClFN2OS. The molecule has 3 nitrogen and oxygen atoms in total. The van der Waals surface area contributed by atoms with Crippen molar-refractivity contribution in [3.05, 3.63) is 34.5 Å². The number of halogens is 2. The van der Waals surface area contributed by atoms with E-state index in [-0.39, 0.29) is 24.1 Å². The normalized spacial score (nSPS) is 10.3. The van der Waals surface area contributed by atoms with E-state index in [9.17, 15) is 9.18 Å². The summed E-state index contributed by atoms with van der Waals surface area (Å²) in [6.07, 6.45) is 0. The maximum atomic E-state index is 13.7. The molecule has 19 heavy (non-hydrogen) atoms. The van der Waals surface area contributed by atoms with Crippen LogP contribution in [-0.4, -0.2) is 26.0 Å². The quantitative estimate of drug-likeness (QED) is 0.853. The standard InChI is InChI=1S/C13H15FN2OS.ClH/c1-8-11-9(14)4-3-5-10(11)18-12(8)13(17)16-7-6-15-2;/h3-5,15H,6-7H2,1-2H3,(H,16,17);1H. The van der Waals surface area contributed by atoms with Crippen molar-refractivity contribution in [3.8, 4) is 0 Å². The largest absolute Gasteiger partial charge is 0.350 e. The van der Waals surface area contributed by atoms with Gasteiger partial charge in [-0.05, 0) is 31.7 Å². The second-order valence-corrected chi connectivity index (χ2v) is 5.08. The Labute approximate surface area is 121 Å². The maximum Gasteiger partial charge on any atom is 0.261 e. The zero-order chi connectivity index (χ0) is 13.1. The average Bonchev–Trinajstić information content (AvgIpc) is 2.68. The predicted molar refractivity (Wildman–Crippen MR) is 80.0 cm³/mol. The van der Waals surface area contributed by atoms with Crippen LogP contribution < -0.4 is 10.6 Å². The molecule has 6 heteroatoms. The number of hydrogen-bond donors (Lipinski definition) is 2. The molecule has 104 valence electrons. The summed E-state index contributed by atoms with van der Waals surface area (Å²) in [5.41, 5.74) is 0.718. The molecule has 0 saturated carbocycles. The number of rotatable bonds is 4. The summed E-state index contributed by atoms with van der Waals surface area (Å²) in [4.78, 5) is 12.6. The summed E-state index contributed by atoms with van der Waals surface area (Å²) in [6, 6.07) is 4.92. The summed E-state index contributed by atoms with van der Waals surface area (Å²) < 4.78 is 14.5. The Hall–Kier alpha value is -1.17. The van der Waals surface area contributed by atoms with Crippen LogP contribution in [0.1, 0.15) is 15.2 Å². The lowest BCUT2D eigenvalue weighted by molar-refractivity contribution is 0.0957. The first-order valence-corrected chi connectivity index (χ1v) is 6.57. The van der Waals surface area contributed by atoms with E-state index in [1.807, 2.05) is 13.1 Å². The summed E-state index contributed by atoms with van der Waals surface area (Å²) in [5.74, 6) is -0.404. The molecule has 0 aliphatic rings. The fourth-order valence-corrected chi connectivity index (χ4v) is 2.99. The molecule has 1 amide bonds. The summed E-state index contributed by atoms with van der Waals surface area (Å²) in [6.45, 7) is 3.06. The highest BCUT2D eigenvalue weighted by Crippen LogP contribution is 2.32. The minimum atomic E-state index is -0.268. The molecule has 0 aliphatic heterocycles. The van der Waals surface area contributed by atoms with Crippen LogP contribution >= 0.6 is 23.7 Å². The Morgan fingerprint density at radius 1 is 1.37 bits per heavy atom. The Bertz CT molecular complexity index is 585. The third kappa shape index (κ3) is 3.23. The number of carbonyl (C=O) groups is 1. The Kier molecular flexibility index (Phi) is 5.72. The number of aryl methyl sites for hydroxylation is 1. The molecule has 0 spiro atoms. The average molecular weight is 303 g/mol. The van der Waals surface area contributed by atoms with E-state index in [0.717, 1.165) is 10.3 Å². The van der Waals surface area contributed by atoms with E-state index in [4.69, 9.17) is 0 Å². The van der Waals surface area contributed by atoms with Gasteiger partial charge in [0.05, 0.1) is 4.88 Å². The highest BCUT2D eigenvalue weighted by atomic mass is 35.5. The zero-order valence-electron chi connectivity index (χ0n) is 10.7. The molecule has 2 rings (SSSR count). The number of hydrogen-bond acceptors (Lipinski definition) is 3. The predicted octanol–water partition coefficient (Wildman–Crippen LogP) is 2.72. The lowest BCUT2D eigenvalue weighted by atomic mass is 10.1. The Balaban J connectivity index is 0.00000180. The number of thiophene rings is 1. The molecule has 1 aromatic carbocycles. The minimum Gasteiger partial charge on any atom is -0.350 e. The zero-order valence-corrected chi connectivity index (χ0v) is 12.4. The van der Waals surface area contributed by atoms with Gasteiger partial charge in [-0.25, -0.2) is 4.39 Å². The van der Waals surface area contributed by atoms with Crippen molar-refractivity contribution in [2.45, 2.75) is 6.92 Å². The lowest BCUT2D eigenvalue weighted by Gasteiger charge is -2.03. The van der Waals surface area contributed by atoms with Crippen LogP contribution in [-0.2, 0) is 0 Å². The van der Waals surface area contributed by atoms with Gasteiger partial charge >= 0.3 is 0 Å². The highest BCUT2D eigenvalue weighted by molar-refractivity contribution is 7.21. The minimum absolute atomic E-state index is 0. The first-order valence-electron chi connectivity index (χ1n) is 5.75. The summed E-state index contributed by atoms with van der Waals surface area (Å²) in [7, 11) is 1.83. The molecular weight excluding hydrogens is 287 g/mol. The first kappa shape index (κ1) is 15.9. The van der Waals surface area contributed by atoms with Crippen LogP contribution in [0.2, 0.25) is 0 Å². The number of nitrogens with one attached hydrogen (secondary N) is 2. The fraction of sp³-hybridized carbons (Fsp3) is 0.308. The van der Waals surface area contributed by atoms with Crippen LogP contribution in [0, 0.1) is 12.7 Å². The van der Waals surface area contributed by atoms with Crippen LogP contribution in [0.4, 0.5) is 4.39 Å². The van der Waals surface area contributed by atoms with Gasteiger partial charge in [0.25, 0.3) is 5.91 Å². The van der Waals surface area contributed by atoms with Crippen LogP contribution in [0.25, 0.3) is 10.1 Å². The first-order chi connectivity index (χ1) is 8.65. The second kappa shape index (κ2) is 6.84. The van der Waals surface area contributed by atoms with Gasteiger partial charge in [-0.15, -0.1) is 23.7 Å². The maximum absolute atomic E-state index is 13.7. The van der Waals surface area contributed by atoms with Crippen molar-refractivity contribution in [3.63, 3.8) is 0 Å². The van der Waals surface area contributed by atoms with Gasteiger partial charge < -0.3 is 10.6 Å². The van der Waals surface area contributed by atoms with Crippen LogP contribution in [0.15, 0.2) is 18.2 Å². The smallest absolute Gasteiger partial charge is 0.261 e. The number of carbonyl (C=O) groups excluding carboxylic acids is 1. The van der Waals surface area contributed by atoms with Gasteiger partial charge in [0.15, 0.2) is 0 Å². The van der Waals surface area contributed by atoms with Crippen molar-refractivity contribution in [1.82, 2.24) is 10.6 Å². The third-order valence-electron chi connectivity index (χ3n) is 2.77. The van der Waals surface area contributed by atoms with Gasteiger partial charge in [-0.2, -0.15) is 0 Å². The lowest BCUT2D eigenvalue weighted by Crippen LogP contribution is -2.30. The Morgan fingerprint density at radius 2 is 2.11 bits per heavy atom. The molecule has 0 aliphatic carbocycles. The SMILES string of the molecule is CNCCNC(=O)c1sc2cccc(F)c2c1C.Cl. The fourth-order valence-electron chi connectivity index (χ4n) is 1.85. The molecule has 0 fully saturated rings. The van der Waals surface area contributed by atoms with Gasteiger partial charge in [0, 0.05) is 23.2 Å². The van der Waals surface area contributed by atoms with E-state index in [0.29, 0.717) is 23.4 Å². The third-order valence-corrected chi connectivity index (χ3v) is 4.03. The molecule has 1 aromatic heterocycles.